The molecule has 1 aromatic carbocycles. The second-order valence-corrected chi connectivity index (χ2v) is 13.1. The Morgan fingerprint density at radius 2 is 1.98 bits per heavy atom. The molecule has 2 fully saturated rings. The number of methoxy groups -OCH3 is 1. The molecule has 1 amide bonds. The van der Waals surface area contributed by atoms with Gasteiger partial charge in [0.1, 0.15) is 12.0 Å². The van der Waals surface area contributed by atoms with Gasteiger partial charge in [0.15, 0.2) is 10.8 Å². The van der Waals surface area contributed by atoms with Gasteiger partial charge in [-0.2, -0.15) is 23.1 Å². The first-order chi connectivity index (χ1) is 22.5. The van der Waals surface area contributed by atoms with Crippen LogP contribution in [0.15, 0.2) is 12.1 Å². The van der Waals surface area contributed by atoms with Crippen LogP contribution in [0.4, 0.5) is 33.5 Å². The molecule has 0 bridgehead atoms. The summed E-state index contributed by atoms with van der Waals surface area (Å²) in [5.74, 6) is -0.911. The molecule has 2 aromatic heterocycles. The maximum absolute atomic E-state index is 14.9. The molecule has 3 N–H and O–H groups in total. The monoisotopic (exact) mass is 681 g/mol. The summed E-state index contributed by atoms with van der Waals surface area (Å²) in [6.45, 7) is 2.74. The Bertz CT molecular complexity index is 1630. The third kappa shape index (κ3) is 6.85. The number of hydrogen-bond donors (Lipinski definition) is 2. The number of rotatable bonds is 4. The number of benzene rings is 1. The molecule has 4 aliphatic heterocycles. The minimum absolute atomic E-state index is 0.0308. The van der Waals surface area contributed by atoms with Gasteiger partial charge in [0.25, 0.3) is 5.91 Å². The van der Waals surface area contributed by atoms with Crippen LogP contribution in [0.25, 0.3) is 0 Å². The molecule has 0 aliphatic carbocycles. The quantitative estimate of drug-likeness (QED) is 0.290. The van der Waals surface area contributed by atoms with E-state index >= 15 is 0 Å². The normalized spacial score (nSPS) is 22.4. The van der Waals surface area contributed by atoms with Gasteiger partial charge in [-0.3, -0.25) is 9.69 Å². The molecule has 2 saturated heterocycles. The Labute approximate surface area is 272 Å². The van der Waals surface area contributed by atoms with Crippen LogP contribution in [0.1, 0.15) is 74.5 Å². The zero-order chi connectivity index (χ0) is 33.5. The third-order valence-corrected chi connectivity index (χ3v) is 10.1. The summed E-state index contributed by atoms with van der Waals surface area (Å²) in [6.07, 6.45) is -1.97. The van der Waals surface area contributed by atoms with Gasteiger partial charge in [0.2, 0.25) is 0 Å². The maximum Gasteiger partial charge on any atom is 0.416 e. The van der Waals surface area contributed by atoms with Gasteiger partial charge in [-0.1, -0.05) is 0 Å². The highest BCUT2D eigenvalue weighted by Crippen LogP contribution is 2.43. The van der Waals surface area contributed by atoms with Crippen LogP contribution in [0, 0.1) is 5.82 Å². The number of alkyl halides is 4. The fraction of sp³-hybridized carbons (Fsp3) is 0.548. The molecule has 16 heteroatoms. The van der Waals surface area contributed by atoms with Gasteiger partial charge >= 0.3 is 12.2 Å². The minimum Gasteiger partial charge on any atom is -0.467 e. The first-order valence-electron chi connectivity index (χ1n) is 15.5. The van der Waals surface area contributed by atoms with Gasteiger partial charge < -0.3 is 25.4 Å². The Morgan fingerprint density at radius 3 is 2.70 bits per heavy atom. The number of aromatic nitrogens is 3. The predicted octanol–water partition coefficient (Wildman–Crippen LogP) is 5.00. The third-order valence-electron chi connectivity index (χ3n) is 9.01. The molecule has 0 spiro atoms. The first kappa shape index (κ1) is 33.3. The lowest BCUT2D eigenvalue weighted by Gasteiger charge is -2.31. The molecular formula is C31H36F5N7O3S. The highest BCUT2D eigenvalue weighted by molar-refractivity contribution is 7.13. The average Bonchev–Trinajstić information content (AvgIpc) is 3.71. The Hall–Kier alpha value is -3.63. The summed E-state index contributed by atoms with van der Waals surface area (Å²) in [5, 5.41) is 2.95. The van der Waals surface area contributed by atoms with Gasteiger partial charge in [0, 0.05) is 48.6 Å². The lowest BCUT2D eigenvalue weighted by molar-refractivity contribution is -0.140. The van der Waals surface area contributed by atoms with Crippen molar-refractivity contribution in [1.29, 1.82) is 0 Å². The fourth-order valence-corrected chi connectivity index (χ4v) is 7.81. The number of fused-ring (bicyclic) bond motifs is 3. The number of carbonyl (C=O) groups excluding carboxylic acids is 1. The lowest BCUT2D eigenvalue weighted by atomic mass is 9.94. The molecule has 0 radical (unpaired) electrons. The number of thiazole rings is 1. The van der Waals surface area contributed by atoms with E-state index in [4.69, 9.17) is 15.2 Å². The Kier molecular flexibility index (Phi) is 9.54. The van der Waals surface area contributed by atoms with E-state index < -0.39 is 41.1 Å². The highest BCUT2D eigenvalue weighted by Gasteiger charge is 2.40. The van der Waals surface area contributed by atoms with E-state index in [0.29, 0.717) is 54.2 Å². The van der Waals surface area contributed by atoms with Gasteiger partial charge in [-0.25, -0.2) is 13.8 Å². The molecule has 10 nitrogen and oxygen atoms in total. The number of halogens is 5. The number of nitrogens with two attached hydrogens (primary N) is 1. The minimum atomic E-state index is -4.80. The number of aryl methyl sites for hydroxylation is 1. The zero-order valence-electron chi connectivity index (χ0n) is 26.0. The number of hydrogen-bond acceptors (Lipinski definition) is 10. The van der Waals surface area contributed by atoms with E-state index in [1.807, 2.05) is 4.90 Å². The molecule has 3 unspecified atom stereocenters. The Morgan fingerprint density at radius 1 is 1.17 bits per heavy atom. The molecule has 47 heavy (non-hydrogen) atoms. The number of carbonyl (C=O) groups is 1. The smallest absolute Gasteiger partial charge is 0.416 e. The number of nitrogens with zero attached hydrogens (tertiary/aromatic N) is 5. The van der Waals surface area contributed by atoms with E-state index in [1.165, 1.54) is 31.3 Å². The second-order valence-electron chi connectivity index (χ2n) is 12.0. The van der Waals surface area contributed by atoms with E-state index in [2.05, 4.69) is 25.2 Å². The largest absolute Gasteiger partial charge is 0.467 e. The van der Waals surface area contributed by atoms with Crippen LogP contribution >= 0.6 is 11.3 Å². The van der Waals surface area contributed by atoms with E-state index in [9.17, 15) is 26.7 Å². The van der Waals surface area contributed by atoms with Crippen LogP contribution in [-0.4, -0.2) is 71.8 Å². The Balaban J connectivity index is 0.000000366. The molecule has 3 aromatic rings. The summed E-state index contributed by atoms with van der Waals surface area (Å²) in [7, 11) is 2.93. The van der Waals surface area contributed by atoms with Crippen LogP contribution in [0.2, 0.25) is 0 Å². The average molecular weight is 682 g/mol. The van der Waals surface area contributed by atoms with Crippen LogP contribution in [0.3, 0.4) is 0 Å². The summed E-state index contributed by atoms with van der Waals surface area (Å²) < 4.78 is 79.8. The van der Waals surface area contributed by atoms with Crippen molar-refractivity contribution < 1.29 is 36.2 Å². The van der Waals surface area contributed by atoms with Crippen molar-refractivity contribution in [2.75, 3.05) is 44.4 Å². The molecule has 4 aliphatic rings. The molecule has 0 saturated carbocycles. The van der Waals surface area contributed by atoms with Crippen molar-refractivity contribution in [2.45, 2.75) is 76.2 Å². The molecule has 254 valence electrons. The summed E-state index contributed by atoms with van der Waals surface area (Å²) in [5.41, 5.74) is 5.25. The number of anilines is 2. The number of ether oxygens (including phenoxy) is 2. The van der Waals surface area contributed by atoms with Crippen LogP contribution in [0.5, 0.6) is 6.01 Å². The van der Waals surface area contributed by atoms with Gasteiger partial charge in [0.05, 0.1) is 49.0 Å². The predicted molar refractivity (Wildman–Crippen MR) is 165 cm³/mol. The summed E-state index contributed by atoms with van der Waals surface area (Å²) >= 11 is 1.30. The first-order valence-corrected chi connectivity index (χ1v) is 16.3. The molecule has 6 heterocycles. The topological polar surface area (TPSA) is 119 Å². The van der Waals surface area contributed by atoms with Crippen LogP contribution in [-0.2, 0) is 36.9 Å². The summed E-state index contributed by atoms with van der Waals surface area (Å²) in [6, 6.07) is 2.29. The molecule has 7 rings (SSSR count). The second kappa shape index (κ2) is 13.5. The van der Waals surface area contributed by atoms with Crippen molar-refractivity contribution in [2.24, 2.45) is 0 Å². The molecular weight excluding hydrogens is 645 g/mol. The molecule has 3 atom stereocenters. The van der Waals surface area contributed by atoms with Crippen molar-refractivity contribution in [3.05, 3.63) is 55.9 Å². The van der Waals surface area contributed by atoms with E-state index in [1.54, 1.807) is 7.05 Å². The van der Waals surface area contributed by atoms with Crippen molar-refractivity contribution in [3.8, 4) is 6.01 Å². The van der Waals surface area contributed by atoms with Crippen molar-refractivity contribution in [1.82, 2.24) is 25.2 Å². The van der Waals surface area contributed by atoms with E-state index in [0.717, 1.165) is 42.1 Å². The SMILES string of the molecule is CNC(=O)c1nc2c(s1)CN(c1nc(OC)nc3c1COC(c1c(C(F)(F)F)ccc(N)c1F)C3)CCC2.FC1CC2CCCN2C1. The fourth-order valence-electron chi connectivity index (χ4n) is 6.74. The van der Waals surface area contributed by atoms with Gasteiger partial charge in [-0.05, 0) is 50.8 Å². The standard InChI is InChI=1S/C24H24F4N6O3S.C7H12FN/c1-30-21(35)22-31-14-4-3-7-34(9-17(14)38-22)20-11-10-37-16(8-15(11)32-23(33-20)36-2)18-12(24(26,27)28)5-6-13(29)19(18)25;8-6-4-7-2-1-3-9(7)5-6/h5-6,16H,3-4,7-10,29H2,1-2H3,(H,30,35);6-7H,1-5H2. The number of nitrogens with one attached hydrogen (secondary N) is 1. The van der Waals surface area contributed by atoms with Crippen molar-refractivity contribution in [3.63, 3.8) is 0 Å². The lowest BCUT2D eigenvalue weighted by Crippen LogP contribution is -2.29. The van der Waals surface area contributed by atoms with Crippen molar-refractivity contribution >= 4 is 28.7 Å². The van der Waals surface area contributed by atoms with Gasteiger partial charge in [-0.15, -0.1) is 11.3 Å². The van der Waals surface area contributed by atoms with E-state index in [-0.39, 0.29) is 24.9 Å². The number of nitrogen functional groups attached to an aromatic ring is 1. The maximum atomic E-state index is 14.9. The highest BCUT2D eigenvalue weighted by atomic mass is 32.1. The van der Waals surface area contributed by atoms with Crippen LogP contribution < -0.4 is 20.7 Å². The summed E-state index contributed by atoms with van der Waals surface area (Å²) in [4.78, 5) is 30.7. The number of amides is 1. The zero-order valence-corrected chi connectivity index (χ0v) is 26.8.